The van der Waals surface area contributed by atoms with Gasteiger partial charge in [0.1, 0.15) is 23.4 Å². The third kappa shape index (κ3) is 3.92. The molecule has 2 atom stereocenters. The topological polar surface area (TPSA) is 66.5 Å². The normalized spacial score (nSPS) is 21.9. The summed E-state index contributed by atoms with van der Waals surface area (Å²) in [4.78, 5) is 5.91. The van der Waals surface area contributed by atoms with E-state index in [1.165, 1.54) is 0 Å². The maximum absolute atomic E-state index is 13.1. The van der Waals surface area contributed by atoms with Crippen LogP contribution >= 0.6 is 7.60 Å². The molecule has 0 aliphatic carbocycles. The number of hydrogen-bond acceptors (Lipinski definition) is 7. The summed E-state index contributed by atoms with van der Waals surface area (Å²) in [5.74, 6) is 0.925. The summed E-state index contributed by atoms with van der Waals surface area (Å²) >= 11 is 0. The Labute approximate surface area is 143 Å². The molecule has 0 radical (unpaired) electrons. The van der Waals surface area contributed by atoms with Crippen LogP contribution in [0.15, 0.2) is 18.2 Å². The second-order valence-corrected chi connectivity index (χ2v) is 7.53. The summed E-state index contributed by atoms with van der Waals surface area (Å²) in [5.41, 5.74) is 0.839. The van der Waals surface area contributed by atoms with Gasteiger partial charge in [-0.25, -0.2) is 0 Å². The molecule has 1 saturated heterocycles. The average molecular weight is 359 g/mol. The fourth-order valence-corrected chi connectivity index (χ4v) is 4.87. The molecular weight excluding hydrogens is 333 g/mol. The van der Waals surface area contributed by atoms with Crippen molar-refractivity contribution >= 4 is 7.60 Å². The number of nitrogens with zero attached hydrogens (tertiary/aromatic N) is 1. The van der Waals surface area contributed by atoms with Crippen molar-refractivity contribution in [2.75, 3.05) is 34.5 Å². The van der Waals surface area contributed by atoms with Gasteiger partial charge in [0, 0.05) is 19.0 Å². The Balaban J connectivity index is 2.29. The SMILES string of the molecule is CCOP(=O)(OCC)[C@H]1C[C@H](c2cc(OC)ccc2OC)ON1C. The van der Waals surface area contributed by atoms with Crippen molar-refractivity contribution in [2.24, 2.45) is 0 Å². The molecule has 7 nitrogen and oxygen atoms in total. The first-order chi connectivity index (χ1) is 11.5. The summed E-state index contributed by atoms with van der Waals surface area (Å²) in [5, 5.41) is 1.57. The first-order valence-corrected chi connectivity index (χ1v) is 9.60. The van der Waals surface area contributed by atoms with Crippen molar-refractivity contribution < 1.29 is 27.9 Å². The summed E-state index contributed by atoms with van der Waals surface area (Å²) in [7, 11) is 1.65. The Bertz CT molecular complexity index is 586. The highest BCUT2D eigenvalue weighted by Gasteiger charge is 2.47. The minimum absolute atomic E-state index is 0.314. The Morgan fingerprint density at radius 3 is 2.42 bits per heavy atom. The van der Waals surface area contributed by atoms with Gasteiger partial charge >= 0.3 is 7.60 Å². The van der Waals surface area contributed by atoms with Gasteiger partial charge in [0.25, 0.3) is 0 Å². The minimum atomic E-state index is -3.29. The maximum atomic E-state index is 13.1. The van der Waals surface area contributed by atoms with Crippen LogP contribution in [0.1, 0.15) is 31.9 Å². The molecule has 1 aliphatic heterocycles. The van der Waals surface area contributed by atoms with Gasteiger partial charge in [-0.05, 0) is 32.0 Å². The van der Waals surface area contributed by atoms with E-state index in [2.05, 4.69) is 0 Å². The third-order valence-corrected chi connectivity index (χ3v) is 6.41. The average Bonchev–Trinajstić information content (AvgIpc) is 2.97. The number of hydroxylamine groups is 2. The molecular formula is C16H26NO6P. The largest absolute Gasteiger partial charge is 0.497 e. The van der Waals surface area contributed by atoms with E-state index in [1.807, 2.05) is 18.2 Å². The molecule has 0 amide bonds. The van der Waals surface area contributed by atoms with Crippen LogP contribution in [0.4, 0.5) is 0 Å². The molecule has 8 heteroatoms. The van der Waals surface area contributed by atoms with Crippen LogP contribution in [0, 0.1) is 0 Å². The monoisotopic (exact) mass is 359 g/mol. The fourth-order valence-electron chi connectivity index (χ4n) is 2.83. The smallest absolute Gasteiger partial charge is 0.350 e. The molecule has 0 saturated carbocycles. The zero-order chi connectivity index (χ0) is 17.7. The quantitative estimate of drug-likeness (QED) is 0.657. The molecule has 0 N–H and O–H groups in total. The number of benzene rings is 1. The molecule has 1 fully saturated rings. The van der Waals surface area contributed by atoms with E-state index in [1.54, 1.807) is 40.2 Å². The van der Waals surface area contributed by atoms with E-state index in [9.17, 15) is 4.57 Å². The van der Waals surface area contributed by atoms with Gasteiger partial charge in [0.15, 0.2) is 0 Å². The lowest BCUT2D eigenvalue weighted by molar-refractivity contribution is -0.137. The van der Waals surface area contributed by atoms with Gasteiger partial charge in [-0.2, -0.15) is 5.06 Å². The fraction of sp³-hybridized carbons (Fsp3) is 0.625. The summed E-state index contributed by atoms with van der Waals surface area (Å²) < 4.78 is 34.7. The third-order valence-electron chi connectivity index (χ3n) is 3.90. The summed E-state index contributed by atoms with van der Waals surface area (Å²) in [6, 6.07) is 5.52. The lowest BCUT2D eigenvalue weighted by atomic mass is 10.1. The van der Waals surface area contributed by atoms with Crippen LogP contribution in [0.2, 0.25) is 0 Å². The van der Waals surface area contributed by atoms with Crippen molar-refractivity contribution in [2.45, 2.75) is 32.2 Å². The first kappa shape index (κ1) is 19.2. The van der Waals surface area contributed by atoms with Crippen molar-refractivity contribution in [1.82, 2.24) is 5.06 Å². The highest BCUT2D eigenvalue weighted by atomic mass is 31.2. The van der Waals surface area contributed by atoms with Gasteiger partial charge in [-0.3, -0.25) is 9.40 Å². The van der Waals surface area contributed by atoms with Gasteiger partial charge in [-0.1, -0.05) is 0 Å². The minimum Gasteiger partial charge on any atom is -0.497 e. The second-order valence-electron chi connectivity index (χ2n) is 5.34. The van der Waals surface area contributed by atoms with Crippen LogP contribution in [0.5, 0.6) is 11.5 Å². The molecule has 2 rings (SSSR count). The molecule has 1 aromatic carbocycles. The number of hydrogen-bond donors (Lipinski definition) is 0. The number of ether oxygens (including phenoxy) is 2. The van der Waals surface area contributed by atoms with Crippen molar-refractivity contribution in [3.05, 3.63) is 23.8 Å². The van der Waals surface area contributed by atoms with Gasteiger partial charge < -0.3 is 18.5 Å². The first-order valence-electron chi connectivity index (χ1n) is 7.99. The van der Waals surface area contributed by atoms with E-state index in [0.29, 0.717) is 31.1 Å². The van der Waals surface area contributed by atoms with E-state index < -0.39 is 13.4 Å². The molecule has 136 valence electrons. The van der Waals surface area contributed by atoms with Crippen LogP contribution in [0.3, 0.4) is 0 Å². The van der Waals surface area contributed by atoms with Gasteiger partial charge in [0.2, 0.25) is 0 Å². The Morgan fingerprint density at radius 1 is 1.21 bits per heavy atom. The van der Waals surface area contributed by atoms with E-state index >= 15 is 0 Å². The highest BCUT2D eigenvalue weighted by molar-refractivity contribution is 7.54. The Kier molecular flexibility index (Phi) is 6.66. The van der Waals surface area contributed by atoms with Gasteiger partial charge in [0.05, 0.1) is 27.4 Å². The lowest BCUT2D eigenvalue weighted by Gasteiger charge is -2.25. The van der Waals surface area contributed by atoms with Gasteiger partial charge in [-0.15, -0.1) is 0 Å². The standard InChI is InChI=1S/C16H26NO6P/c1-6-21-24(18,22-7-2)16-11-15(23-17(16)3)13-10-12(19-4)8-9-14(13)20-5/h8-10,15-16H,6-7,11H2,1-5H3/t15-,16+/m1/s1. The molecule has 1 aromatic rings. The summed E-state index contributed by atoms with van der Waals surface area (Å²) in [6.45, 7) is 4.22. The molecule has 0 spiro atoms. The van der Waals surface area contributed by atoms with Crippen LogP contribution in [-0.2, 0) is 18.5 Å². The number of methoxy groups -OCH3 is 2. The Morgan fingerprint density at radius 2 is 1.88 bits per heavy atom. The van der Waals surface area contributed by atoms with Crippen LogP contribution < -0.4 is 9.47 Å². The second kappa shape index (κ2) is 8.32. The molecule has 0 bridgehead atoms. The Hall–Kier alpha value is -1.11. The molecule has 0 unspecified atom stereocenters. The predicted octanol–water partition coefficient (Wildman–Crippen LogP) is 3.60. The zero-order valence-corrected chi connectivity index (χ0v) is 15.7. The van der Waals surface area contributed by atoms with E-state index in [-0.39, 0.29) is 6.10 Å². The number of rotatable bonds is 8. The molecule has 1 aliphatic rings. The highest BCUT2D eigenvalue weighted by Crippen LogP contribution is 2.59. The van der Waals surface area contributed by atoms with E-state index in [0.717, 1.165) is 5.56 Å². The van der Waals surface area contributed by atoms with Crippen molar-refractivity contribution in [3.63, 3.8) is 0 Å². The van der Waals surface area contributed by atoms with Crippen molar-refractivity contribution in [3.8, 4) is 11.5 Å². The van der Waals surface area contributed by atoms with Crippen molar-refractivity contribution in [1.29, 1.82) is 0 Å². The molecule has 1 heterocycles. The summed E-state index contributed by atoms with van der Waals surface area (Å²) in [6.07, 6.45) is 0.149. The molecule has 0 aromatic heterocycles. The van der Waals surface area contributed by atoms with Crippen LogP contribution in [-0.4, -0.2) is 45.3 Å². The molecule has 24 heavy (non-hydrogen) atoms. The zero-order valence-electron chi connectivity index (χ0n) is 14.9. The maximum Gasteiger partial charge on any atom is 0.350 e. The van der Waals surface area contributed by atoms with E-state index in [4.69, 9.17) is 23.4 Å². The lowest BCUT2D eigenvalue weighted by Crippen LogP contribution is -2.25. The van der Waals surface area contributed by atoms with Crippen LogP contribution in [0.25, 0.3) is 0 Å². The predicted molar refractivity (Wildman–Crippen MR) is 90.4 cm³/mol.